The lowest BCUT2D eigenvalue weighted by Gasteiger charge is -2.24. The van der Waals surface area contributed by atoms with Gasteiger partial charge in [-0.15, -0.1) is 0 Å². The van der Waals surface area contributed by atoms with Gasteiger partial charge in [-0.05, 0) is 25.0 Å². The van der Waals surface area contributed by atoms with E-state index in [4.69, 9.17) is 10.5 Å². The molecule has 0 atom stereocenters. The average molecular weight is 323 g/mol. The van der Waals surface area contributed by atoms with E-state index >= 15 is 0 Å². The molecule has 0 bridgehead atoms. The molecule has 1 aromatic carbocycles. The number of benzene rings is 1. The van der Waals surface area contributed by atoms with Crippen molar-refractivity contribution in [2.45, 2.75) is 41.6 Å². The van der Waals surface area contributed by atoms with Gasteiger partial charge in [0.2, 0.25) is 0 Å². The summed E-state index contributed by atoms with van der Waals surface area (Å²) in [6.45, 7) is -0.00259. The second-order valence-electron chi connectivity index (χ2n) is 5.25. The lowest BCUT2D eigenvalue weighted by Crippen LogP contribution is -2.42. The van der Waals surface area contributed by atoms with Crippen LogP contribution in [0.4, 0.5) is 13.2 Å². The number of sulfone groups is 1. The molecule has 0 amide bonds. The van der Waals surface area contributed by atoms with Crippen LogP contribution in [0.2, 0.25) is 0 Å². The molecule has 118 valence electrons. The summed E-state index contributed by atoms with van der Waals surface area (Å²) in [5.74, 6) is -0.313. The van der Waals surface area contributed by atoms with Crippen LogP contribution in [0.1, 0.15) is 25.7 Å². The Morgan fingerprint density at radius 2 is 1.76 bits per heavy atom. The van der Waals surface area contributed by atoms with Gasteiger partial charge in [-0.2, -0.15) is 13.2 Å². The highest BCUT2D eigenvalue weighted by Crippen LogP contribution is 2.36. The van der Waals surface area contributed by atoms with E-state index in [0.29, 0.717) is 12.8 Å². The number of ether oxygens (including phenoxy) is 1. The molecule has 1 aromatic rings. The predicted molar refractivity (Wildman–Crippen MR) is 70.6 cm³/mol. The number of alkyl halides is 3. The van der Waals surface area contributed by atoms with E-state index < -0.39 is 25.8 Å². The topological polar surface area (TPSA) is 69.4 Å². The highest BCUT2D eigenvalue weighted by Gasteiger charge is 2.48. The Labute approximate surface area is 121 Å². The Morgan fingerprint density at radius 3 is 2.33 bits per heavy atom. The van der Waals surface area contributed by atoms with Gasteiger partial charge in [0, 0.05) is 0 Å². The van der Waals surface area contributed by atoms with Crippen molar-refractivity contribution in [2.75, 3.05) is 6.61 Å². The molecule has 0 aliphatic heterocycles. The first-order valence-electron chi connectivity index (χ1n) is 6.48. The highest BCUT2D eigenvalue weighted by molar-refractivity contribution is 7.92. The summed E-state index contributed by atoms with van der Waals surface area (Å²) < 4.78 is 66.3. The van der Waals surface area contributed by atoms with Gasteiger partial charge in [0.05, 0.1) is 5.54 Å². The Kier molecular flexibility index (Phi) is 4.21. The van der Waals surface area contributed by atoms with Gasteiger partial charge < -0.3 is 10.5 Å². The molecule has 0 heterocycles. The van der Waals surface area contributed by atoms with Crippen molar-refractivity contribution in [1.82, 2.24) is 0 Å². The Balaban J connectivity index is 2.26. The minimum Gasteiger partial charge on any atom is -0.490 e. The Hall–Kier alpha value is -1.28. The first kappa shape index (κ1) is 16.1. The normalized spacial score (nSPS) is 18.7. The van der Waals surface area contributed by atoms with Crippen LogP contribution in [0.3, 0.4) is 0 Å². The molecular formula is C13H16F3NO3S. The maximum atomic E-state index is 12.6. The Bertz CT molecular complexity index is 607. The number of halogens is 3. The standard InChI is InChI=1S/C13H16F3NO3S/c14-13(15,16)21(18,19)11-6-2-1-5-10(11)20-9-12(17)7-3-4-8-12/h1-2,5-6H,3-4,7-9,17H2. The zero-order chi connectivity index (χ0) is 15.7. The van der Waals surface area contributed by atoms with Crippen LogP contribution in [-0.4, -0.2) is 26.1 Å². The predicted octanol–water partition coefficient (Wildman–Crippen LogP) is 2.63. The SMILES string of the molecule is NC1(COc2ccccc2S(=O)(=O)C(F)(F)F)CCCC1. The summed E-state index contributed by atoms with van der Waals surface area (Å²) in [6, 6.07) is 4.73. The average Bonchev–Trinajstić information content (AvgIpc) is 2.83. The molecule has 1 aliphatic carbocycles. The van der Waals surface area contributed by atoms with Gasteiger partial charge in [-0.3, -0.25) is 0 Å². The van der Waals surface area contributed by atoms with E-state index in [2.05, 4.69) is 0 Å². The summed E-state index contributed by atoms with van der Waals surface area (Å²) >= 11 is 0. The van der Waals surface area contributed by atoms with Crippen molar-refractivity contribution in [2.24, 2.45) is 5.73 Å². The molecule has 0 spiro atoms. The fourth-order valence-electron chi connectivity index (χ4n) is 2.36. The van der Waals surface area contributed by atoms with E-state index in [0.717, 1.165) is 18.9 Å². The van der Waals surface area contributed by atoms with Crippen molar-refractivity contribution in [3.63, 3.8) is 0 Å². The van der Waals surface area contributed by atoms with Gasteiger partial charge in [0.15, 0.2) is 0 Å². The third-order valence-corrected chi connectivity index (χ3v) is 5.08. The van der Waals surface area contributed by atoms with Gasteiger partial charge >= 0.3 is 5.51 Å². The number of hydrogen-bond acceptors (Lipinski definition) is 4. The fourth-order valence-corrected chi connectivity index (χ4v) is 3.26. The summed E-state index contributed by atoms with van der Waals surface area (Å²) in [6.07, 6.45) is 3.28. The summed E-state index contributed by atoms with van der Waals surface area (Å²) in [5.41, 5.74) is 0.0922. The molecule has 0 radical (unpaired) electrons. The second-order valence-corrected chi connectivity index (χ2v) is 7.16. The third-order valence-electron chi connectivity index (χ3n) is 3.56. The van der Waals surface area contributed by atoms with E-state index in [1.165, 1.54) is 18.2 Å². The molecule has 4 nitrogen and oxygen atoms in total. The van der Waals surface area contributed by atoms with E-state index in [1.54, 1.807) is 0 Å². The van der Waals surface area contributed by atoms with E-state index in [-0.39, 0.29) is 12.4 Å². The minimum atomic E-state index is -5.44. The van der Waals surface area contributed by atoms with Crippen LogP contribution < -0.4 is 10.5 Å². The molecule has 1 fully saturated rings. The minimum absolute atomic E-state index is 0.00259. The van der Waals surface area contributed by atoms with Crippen molar-refractivity contribution in [3.8, 4) is 5.75 Å². The lowest BCUT2D eigenvalue weighted by molar-refractivity contribution is -0.0437. The zero-order valence-corrected chi connectivity index (χ0v) is 12.0. The molecule has 0 saturated heterocycles. The number of nitrogens with two attached hydrogens (primary N) is 1. The van der Waals surface area contributed by atoms with E-state index in [9.17, 15) is 21.6 Å². The summed E-state index contributed by atoms with van der Waals surface area (Å²) in [7, 11) is -5.44. The number of para-hydroxylation sites is 1. The molecule has 0 aromatic heterocycles. The van der Waals surface area contributed by atoms with Crippen molar-refractivity contribution in [1.29, 1.82) is 0 Å². The van der Waals surface area contributed by atoms with Crippen molar-refractivity contribution in [3.05, 3.63) is 24.3 Å². The number of rotatable bonds is 4. The van der Waals surface area contributed by atoms with Crippen molar-refractivity contribution < 1.29 is 26.3 Å². The lowest BCUT2D eigenvalue weighted by atomic mass is 10.0. The van der Waals surface area contributed by atoms with Gasteiger partial charge in [0.1, 0.15) is 17.3 Å². The van der Waals surface area contributed by atoms with Crippen molar-refractivity contribution >= 4 is 9.84 Å². The monoisotopic (exact) mass is 323 g/mol. The quantitative estimate of drug-likeness (QED) is 0.925. The van der Waals surface area contributed by atoms with E-state index in [1.807, 2.05) is 0 Å². The van der Waals surface area contributed by atoms with Crippen LogP contribution in [0, 0.1) is 0 Å². The molecule has 1 aliphatic rings. The first-order chi connectivity index (χ1) is 9.66. The molecule has 8 heteroatoms. The van der Waals surface area contributed by atoms with Crippen LogP contribution in [0.25, 0.3) is 0 Å². The smallest absolute Gasteiger partial charge is 0.490 e. The van der Waals surface area contributed by atoms with Gasteiger partial charge in [-0.1, -0.05) is 25.0 Å². The van der Waals surface area contributed by atoms with Crippen LogP contribution in [0.15, 0.2) is 29.2 Å². The number of hydrogen-bond donors (Lipinski definition) is 1. The highest BCUT2D eigenvalue weighted by atomic mass is 32.2. The summed E-state index contributed by atoms with van der Waals surface area (Å²) in [4.78, 5) is -0.876. The maximum absolute atomic E-state index is 12.6. The first-order valence-corrected chi connectivity index (χ1v) is 7.96. The molecule has 2 N–H and O–H groups in total. The van der Waals surface area contributed by atoms with Crippen LogP contribution >= 0.6 is 0 Å². The zero-order valence-electron chi connectivity index (χ0n) is 11.2. The molecule has 21 heavy (non-hydrogen) atoms. The van der Waals surface area contributed by atoms with Crippen LogP contribution in [-0.2, 0) is 9.84 Å². The van der Waals surface area contributed by atoms with Gasteiger partial charge in [0.25, 0.3) is 9.84 Å². The Morgan fingerprint density at radius 1 is 1.19 bits per heavy atom. The molecule has 1 saturated carbocycles. The molecular weight excluding hydrogens is 307 g/mol. The fraction of sp³-hybridized carbons (Fsp3) is 0.538. The van der Waals surface area contributed by atoms with Crippen LogP contribution in [0.5, 0.6) is 5.75 Å². The molecule has 2 rings (SSSR count). The van der Waals surface area contributed by atoms with Gasteiger partial charge in [-0.25, -0.2) is 8.42 Å². The maximum Gasteiger partial charge on any atom is 0.502 e. The molecule has 0 unspecified atom stereocenters. The summed E-state index contributed by atoms with van der Waals surface area (Å²) in [5, 5.41) is 0. The largest absolute Gasteiger partial charge is 0.502 e. The second kappa shape index (κ2) is 5.49. The third kappa shape index (κ3) is 3.32.